The number of fused-ring (bicyclic) bond motifs is 1. The SMILES string of the molecule is ClCCc1c[nH]c2cccnc12. The summed E-state index contributed by atoms with van der Waals surface area (Å²) in [6, 6.07) is 3.93. The summed E-state index contributed by atoms with van der Waals surface area (Å²) in [6.07, 6.45) is 4.65. The van der Waals surface area contributed by atoms with E-state index in [1.165, 1.54) is 5.56 Å². The molecule has 0 aromatic carbocycles. The van der Waals surface area contributed by atoms with Gasteiger partial charge >= 0.3 is 0 Å². The Morgan fingerprint density at radius 2 is 2.42 bits per heavy atom. The van der Waals surface area contributed by atoms with Crippen LogP contribution in [-0.4, -0.2) is 15.8 Å². The molecular weight excluding hydrogens is 172 g/mol. The van der Waals surface area contributed by atoms with Crippen LogP contribution in [0, 0.1) is 0 Å². The highest BCUT2D eigenvalue weighted by Gasteiger charge is 2.01. The summed E-state index contributed by atoms with van der Waals surface area (Å²) in [7, 11) is 0. The number of aromatic nitrogens is 2. The van der Waals surface area contributed by atoms with Gasteiger partial charge in [0.15, 0.2) is 0 Å². The van der Waals surface area contributed by atoms with Gasteiger partial charge in [-0.2, -0.15) is 0 Å². The van der Waals surface area contributed by atoms with Gasteiger partial charge in [-0.05, 0) is 24.1 Å². The fraction of sp³-hybridized carbons (Fsp3) is 0.222. The molecule has 0 atom stereocenters. The van der Waals surface area contributed by atoms with Crippen LogP contribution >= 0.6 is 11.6 Å². The van der Waals surface area contributed by atoms with Gasteiger partial charge in [0.25, 0.3) is 0 Å². The molecular formula is C9H9ClN2. The molecule has 12 heavy (non-hydrogen) atoms. The minimum Gasteiger partial charge on any atom is -0.360 e. The number of nitrogens with one attached hydrogen (secondary N) is 1. The van der Waals surface area contributed by atoms with Crippen molar-refractivity contribution in [3.63, 3.8) is 0 Å². The summed E-state index contributed by atoms with van der Waals surface area (Å²) in [4.78, 5) is 7.42. The van der Waals surface area contributed by atoms with Crippen LogP contribution in [0.15, 0.2) is 24.5 Å². The molecule has 1 N–H and O–H groups in total. The van der Waals surface area contributed by atoms with Crippen LogP contribution in [0.1, 0.15) is 5.56 Å². The van der Waals surface area contributed by atoms with E-state index >= 15 is 0 Å². The second-order valence-corrected chi connectivity index (χ2v) is 3.03. The molecule has 0 aliphatic rings. The maximum absolute atomic E-state index is 5.65. The molecule has 0 spiro atoms. The molecule has 0 bridgehead atoms. The van der Waals surface area contributed by atoms with Crippen LogP contribution in [0.25, 0.3) is 11.0 Å². The highest BCUT2D eigenvalue weighted by Crippen LogP contribution is 2.15. The van der Waals surface area contributed by atoms with Gasteiger partial charge in [-0.1, -0.05) is 0 Å². The topological polar surface area (TPSA) is 28.7 Å². The van der Waals surface area contributed by atoms with Crippen LogP contribution in [0.5, 0.6) is 0 Å². The number of hydrogen-bond acceptors (Lipinski definition) is 1. The average Bonchev–Trinajstić information content (AvgIpc) is 2.50. The summed E-state index contributed by atoms with van der Waals surface area (Å²) < 4.78 is 0. The maximum atomic E-state index is 5.65. The van der Waals surface area contributed by atoms with Gasteiger partial charge in [-0.3, -0.25) is 4.98 Å². The number of pyridine rings is 1. The summed E-state index contributed by atoms with van der Waals surface area (Å²) in [5.74, 6) is 0.642. The van der Waals surface area contributed by atoms with Crippen molar-refractivity contribution in [1.29, 1.82) is 0 Å². The second kappa shape index (κ2) is 3.15. The van der Waals surface area contributed by atoms with E-state index in [4.69, 9.17) is 11.6 Å². The molecule has 0 aliphatic carbocycles. The lowest BCUT2D eigenvalue weighted by molar-refractivity contribution is 1.15. The predicted octanol–water partition coefficient (Wildman–Crippen LogP) is 2.34. The van der Waals surface area contributed by atoms with Gasteiger partial charge in [0.2, 0.25) is 0 Å². The fourth-order valence-corrected chi connectivity index (χ4v) is 1.51. The number of nitrogens with zero attached hydrogens (tertiary/aromatic N) is 1. The van der Waals surface area contributed by atoms with E-state index in [1.807, 2.05) is 18.3 Å². The van der Waals surface area contributed by atoms with Gasteiger partial charge < -0.3 is 4.98 Å². The van der Waals surface area contributed by atoms with Crippen molar-refractivity contribution in [2.24, 2.45) is 0 Å². The van der Waals surface area contributed by atoms with Crippen molar-refractivity contribution in [3.05, 3.63) is 30.1 Å². The molecule has 0 amide bonds. The normalized spacial score (nSPS) is 10.8. The summed E-state index contributed by atoms with van der Waals surface area (Å²) >= 11 is 5.65. The van der Waals surface area contributed by atoms with Crippen molar-refractivity contribution in [3.8, 4) is 0 Å². The average molecular weight is 181 g/mol. The van der Waals surface area contributed by atoms with Gasteiger partial charge in [0.05, 0.1) is 11.0 Å². The monoisotopic (exact) mass is 180 g/mol. The Hall–Kier alpha value is -1.02. The third-order valence-corrected chi connectivity index (χ3v) is 2.07. The van der Waals surface area contributed by atoms with E-state index in [0.717, 1.165) is 17.5 Å². The second-order valence-electron chi connectivity index (χ2n) is 2.65. The molecule has 2 rings (SSSR count). The van der Waals surface area contributed by atoms with Crippen LogP contribution < -0.4 is 0 Å². The van der Waals surface area contributed by atoms with Crippen LogP contribution in [-0.2, 0) is 6.42 Å². The maximum Gasteiger partial charge on any atom is 0.0911 e. The Morgan fingerprint density at radius 3 is 3.25 bits per heavy atom. The summed E-state index contributed by atoms with van der Waals surface area (Å²) in [6.45, 7) is 0. The Morgan fingerprint density at radius 1 is 1.50 bits per heavy atom. The van der Waals surface area contributed by atoms with Gasteiger partial charge in [-0.25, -0.2) is 0 Å². The number of rotatable bonds is 2. The Balaban J connectivity index is 2.55. The van der Waals surface area contributed by atoms with E-state index < -0.39 is 0 Å². The van der Waals surface area contributed by atoms with Crippen molar-refractivity contribution < 1.29 is 0 Å². The first kappa shape index (κ1) is 7.62. The third-order valence-electron chi connectivity index (χ3n) is 1.88. The lowest BCUT2D eigenvalue weighted by Gasteiger charge is -1.91. The molecule has 2 aromatic rings. The number of halogens is 1. The zero-order valence-corrected chi connectivity index (χ0v) is 7.30. The molecule has 0 fully saturated rings. The molecule has 0 saturated carbocycles. The lowest BCUT2D eigenvalue weighted by Crippen LogP contribution is -1.84. The van der Waals surface area contributed by atoms with Gasteiger partial charge in [0, 0.05) is 18.3 Å². The molecule has 0 unspecified atom stereocenters. The molecule has 2 nitrogen and oxygen atoms in total. The Labute approximate surface area is 75.6 Å². The predicted molar refractivity (Wildman–Crippen MR) is 50.5 cm³/mol. The smallest absolute Gasteiger partial charge is 0.0911 e. The van der Waals surface area contributed by atoms with E-state index in [1.54, 1.807) is 6.20 Å². The first-order valence-electron chi connectivity index (χ1n) is 3.89. The molecule has 2 aromatic heterocycles. The molecule has 0 aliphatic heterocycles. The van der Waals surface area contributed by atoms with Crippen LogP contribution in [0.3, 0.4) is 0 Å². The van der Waals surface area contributed by atoms with Gasteiger partial charge in [-0.15, -0.1) is 11.6 Å². The highest BCUT2D eigenvalue weighted by atomic mass is 35.5. The number of hydrogen-bond donors (Lipinski definition) is 1. The molecule has 0 radical (unpaired) electrons. The molecule has 62 valence electrons. The minimum atomic E-state index is 0.642. The summed E-state index contributed by atoms with van der Waals surface area (Å²) in [5, 5.41) is 0. The standard InChI is InChI=1S/C9H9ClN2/c10-4-3-7-6-12-8-2-1-5-11-9(7)8/h1-2,5-6,12H,3-4H2. The van der Waals surface area contributed by atoms with E-state index in [0.29, 0.717) is 5.88 Å². The third kappa shape index (κ3) is 1.18. The van der Waals surface area contributed by atoms with E-state index in [9.17, 15) is 0 Å². The summed E-state index contributed by atoms with van der Waals surface area (Å²) in [5.41, 5.74) is 3.32. The highest BCUT2D eigenvalue weighted by molar-refractivity contribution is 6.18. The number of aromatic amines is 1. The molecule has 3 heteroatoms. The Bertz CT molecular complexity index is 381. The zero-order valence-electron chi connectivity index (χ0n) is 6.55. The molecule has 2 heterocycles. The Kier molecular flexibility index (Phi) is 2.00. The van der Waals surface area contributed by atoms with E-state index in [2.05, 4.69) is 9.97 Å². The molecule has 0 saturated heterocycles. The number of aryl methyl sites for hydroxylation is 1. The zero-order chi connectivity index (χ0) is 8.39. The van der Waals surface area contributed by atoms with E-state index in [-0.39, 0.29) is 0 Å². The lowest BCUT2D eigenvalue weighted by atomic mass is 10.2. The van der Waals surface area contributed by atoms with Gasteiger partial charge in [0.1, 0.15) is 0 Å². The minimum absolute atomic E-state index is 0.642. The van der Waals surface area contributed by atoms with Crippen molar-refractivity contribution in [2.75, 3.05) is 5.88 Å². The first-order valence-corrected chi connectivity index (χ1v) is 4.42. The van der Waals surface area contributed by atoms with Crippen molar-refractivity contribution in [2.45, 2.75) is 6.42 Å². The number of H-pyrrole nitrogens is 1. The van der Waals surface area contributed by atoms with Crippen molar-refractivity contribution >= 4 is 22.6 Å². The van der Waals surface area contributed by atoms with Crippen LogP contribution in [0.4, 0.5) is 0 Å². The fourth-order valence-electron chi connectivity index (χ4n) is 1.30. The number of alkyl halides is 1. The van der Waals surface area contributed by atoms with Crippen LogP contribution in [0.2, 0.25) is 0 Å². The van der Waals surface area contributed by atoms with Crippen molar-refractivity contribution in [1.82, 2.24) is 9.97 Å². The quantitative estimate of drug-likeness (QED) is 0.707. The largest absolute Gasteiger partial charge is 0.360 e. The first-order chi connectivity index (χ1) is 5.92.